The van der Waals surface area contributed by atoms with Crippen molar-refractivity contribution in [3.8, 4) is 0 Å². The Morgan fingerprint density at radius 1 is 1.50 bits per heavy atom. The predicted molar refractivity (Wildman–Crippen MR) is 63.0 cm³/mol. The van der Waals surface area contributed by atoms with Gasteiger partial charge in [-0.1, -0.05) is 6.92 Å². The van der Waals surface area contributed by atoms with Crippen molar-refractivity contribution in [2.75, 3.05) is 0 Å². The van der Waals surface area contributed by atoms with Crippen molar-refractivity contribution in [3.05, 3.63) is 17.8 Å². The van der Waals surface area contributed by atoms with Gasteiger partial charge in [-0.3, -0.25) is 0 Å². The van der Waals surface area contributed by atoms with E-state index in [9.17, 15) is 9.59 Å². The molecular weight excluding hydrogens is 238 g/mol. The normalized spacial score (nSPS) is 13.7. The van der Waals surface area contributed by atoms with Gasteiger partial charge in [0.2, 0.25) is 5.89 Å². The minimum absolute atomic E-state index is 0.315. The van der Waals surface area contributed by atoms with Crippen LogP contribution < -0.4 is 10.6 Å². The monoisotopic (exact) mass is 255 g/mol. The lowest BCUT2D eigenvalue weighted by atomic mass is 10.2. The van der Waals surface area contributed by atoms with Crippen LogP contribution >= 0.6 is 0 Å². The minimum Gasteiger partial charge on any atom is -0.480 e. The number of carbonyl (C=O) groups excluding carboxylic acids is 1. The van der Waals surface area contributed by atoms with Gasteiger partial charge in [-0.2, -0.15) is 0 Å². The van der Waals surface area contributed by atoms with Gasteiger partial charge >= 0.3 is 12.0 Å². The lowest BCUT2D eigenvalue weighted by Gasteiger charge is -2.15. The van der Waals surface area contributed by atoms with Crippen molar-refractivity contribution in [3.63, 3.8) is 0 Å². The Hall–Kier alpha value is -2.05. The second-order valence-corrected chi connectivity index (χ2v) is 3.95. The number of carboxylic acid groups (broad SMARTS) is 1. The van der Waals surface area contributed by atoms with E-state index in [0.29, 0.717) is 18.1 Å². The number of carboxylic acids is 1. The van der Waals surface area contributed by atoms with Crippen LogP contribution in [0.4, 0.5) is 4.79 Å². The van der Waals surface area contributed by atoms with Gasteiger partial charge in [0.25, 0.3) is 0 Å². The quantitative estimate of drug-likeness (QED) is 0.733. The molecule has 0 fully saturated rings. The first-order valence-corrected chi connectivity index (χ1v) is 5.66. The molecule has 100 valence electrons. The summed E-state index contributed by atoms with van der Waals surface area (Å²) in [6, 6.07) is -1.89. The average molecular weight is 255 g/mol. The number of nitrogens with zero attached hydrogens (tertiary/aromatic N) is 1. The third-order valence-electron chi connectivity index (χ3n) is 2.37. The molecule has 7 heteroatoms. The third-order valence-corrected chi connectivity index (χ3v) is 2.37. The fourth-order valence-electron chi connectivity index (χ4n) is 1.37. The molecule has 0 aliphatic carbocycles. The number of aliphatic carboxylic acids is 1. The van der Waals surface area contributed by atoms with E-state index >= 15 is 0 Å². The highest BCUT2D eigenvalue weighted by molar-refractivity contribution is 5.82. The number of oxazole rings is 1. The van der Waals surface area contributed by atoms with Gasteiger partial charge < -0.3 is 20.2 Å². The molecule has 1 heterocycles. The summed E-state index contributed by atoms with van der Waals surface area (Å²) in [6.07, 6.45) is 1.87. The number of amides is 2. The van der Waals surface area contributed by atoms with Crippen molar-refractivity contribution >= 4 is 12.0 Å². The lowest BCUT2D eigenvalue weighted by Crippen LogP contribution is -2.46. The maximum atomic E-state index is 11.6. The van der Waals surface area contributed by atoms with E-state index in [1.165, 1.54) is 0 Å². The van der Waals surface area contributed by atoms with E-state index in [1.54, 1.807) is 27.0 Å². The molecule has 7 nitrogen and oxygen atoms in total. The lowest BCUT2D eigenvalue weighted by molar-refractivity contribution is -0.139. The zero-order valence-corrected chi connectivity index (χ0v) is 10.6. The van der Waals surface area contributed by atoms with E-state index < -0.39 is 24.1 Å². The fourth-order valence-corrected chi connectivity index (χ4v) is 1.37. The highest BCUT2D eigenvalue weighted by atomic mass is 16.4. The summed E-state index contributed by atoms with van der Waals surface area (Å²) in [6.45, 7) is 5.13. The largest absolute Gasteiger partial charge is 0.480 e. The Labute approximate surface area is 105 Å². The van der Waals surface area contributed by atoms with E-state index in [4.69, 9.17) is 9.52 Å². The summed E-state index contributed by atoms with van der Waals surface area (Å²) in [5, 5.41) is 13.7. The molecule has 0 aliphatic rings. The summed E-state index contributed by atoms with van der Waals surface area (Å²) in [7, 11) is 0. The van der Waals surface area contributed by atoms with Gasteiger partial charge in [0.1, 0.15) is 17.8 Å². The first-order chi connectivity index (χ1) is 8.43. The van der Waals surface area contributed by atoms with E-state index in [1.807, 2.05) is 0 Å². The van der Waals surface area contributed by atoms with E-state index in [2.05, 4.69) is 15.6 Å². The van der Waals surface area contributed by atoms with Crippen molar-refractivity contribution in [1.29, 1.82) is 0 Å². The van der Waals surface area contributed by atoms with Crippen LogP contribution in [0, 0.1) is 6.92 Å². The van der Waals surface area contributed by atoms with E-state index in [-0.39, 0.29) is 0 Å². The fraction of sp³-hybridized carbons (Fsp3) is 0.545. The number of carbonyl (C=O) groups is 2. The van der Waals surface area contributed by atoms with Gasteiger partial charge in [0, 0.05) is 0 Å². The maximum Gasteiger partial charge on any atom is 0.326 e. The molecule has 0 bridgehead atoms. The van der Waals surface area contributed by atoms with Gasteiger partial charge in [-0.05, 0) is 20.3 Å². The zero-order valence-electron chi connectivity index (χ0n) is 10.6. The summed E-state index contributed by atoms with van der Waals surface area (Å²) in [4.78, 5) is 26.3. The van der Waals surface area contributed by atoms with Gasteiger partial charge in [0.15, 0.2) is 0 Å². The first kappa shape index (κ1) is 14.0. The maximum absolute atomic E-state index is 11.6. The van der Waals surface area contributed by atoms with Crippen LogP contribution in [0.3, 0.4) is 0 Å². The molecule has 0 saturated heterocycles. The molecule has 18 heavy (non-hydrogen) atoms. The second kappa shape index (κ2) is 6.04. The molecule has 0 radical (unpaired) electrons. The van der Waals surface area contributed by atoms with Crippen molar-refractivity contribution < 1.29 is 19.1 Å². The number of urea groups is 1. The standard InChI is InChI=1S/C11H17N3O4/c1-4-8(10(15)16)14-11(17)13-7(3)9-12-5-6(2)18-9/h5,7-8H,4H2,1-3H3,(H,15,16)(H2,13,14,17)/t7?,8-/m0/s1. The molecule has 2 atom stereocenters. The molecule has 1 rings (SSSR count). The SMILES string of the molecule is CC[C@H](NC(=O)NC(C)c1ncc(C)o1)C(=O)O. The van der Waals surface area contributed by atoms with Gasteiger partial charge in [-0.15, -0.1) is 0 Å². The smallest absolute Gasteiger partial charge is 0.326 e. The Morgan fingerprint density at radius 2 is 2.17 bits per heavy atom. The Balaban J connectivity index is 2.52. The molecule has 1 unspecified atom stereocenters. The second-order valence-electron chi connectivity index (χ2n) is 3.95. The van der Waals surface area contributed by atoms with Gasteiger partial charge in [-0.25, -0.2) is 14.6 Å². The molecule has 1 aromatic heterocycles. The van der Waals surface area contributed by atoms with Gasteiger partial charge in [0.05, 0.1) is 6.20 Å². The van der Waals surface area contributed by atoms with Crippen LogP contribution in [0.25, 0.3) is 0 Å². The molecule has 0 aliphatic heterocycles. The summed E-state index contributed by atoms with van der Waals surface area (Å²) >= 11 is 0. The van der Waals surface area contributed by atoms with Crippen molar-refractivity contribution in [2.24, 2.45) is 0 Å². The zero-order chi connectivity index (χ0) is 13.7. The third kappa shape index (κ3) is 3.76. The molecule has 0 saturated carbocycles. The Morgan fingerprint density at radius 3 is 2.61 bits per heavy atom. The molecule has 0 aromatic carbocycles. The Kier molecular flexibility index (Phi) is 4.70. The number of rotatable bonds is 5. The number of hydrogen-bond donors (Lipinski definition) is 3. The molecule has 1 aromatic rings. The Bertz CT molecular complexity index is 430. The van der Waals surface area contributed by atoms with Crippen LogP contribution in [0.15, 0.2) is 10.6 Å². The molecule has 3 N–H and O–H groups in total. The summed E-state index contributed by atoms with van der Waals surface area (Å²) in [5.41, 5.74) is 0. The van der Waals surface area contributed by atoms with E-state index in [0.717, 1.165) is 0 Å². The van der Waals surface area contributed by atoms with Crippen molar-refractivity contribution in [2.45, 2.75) is 39.3 Å². The number of nitrogens with one attached hydrogen (secondary N) is 2. The highest BCUT2D eigenvalue weighted by Gasteiger charge is 2.20. The summed E-state index contributed by atoms with van der Waals surface area (Å²) in [5.74, 6) is -0.0330. The topological polar surface area (TPSA) is 104 Å². The van der Waals surface area contributed by atoms with Crippen LogP contribution in [-0.2, 0) is 4.79 Å². The molecule has 2 amide bonds. The van der Waals surface area contributed by atoms with Crippen molar-refractivity contribution in [1.82, 2.24) is 15.6 Å². The number of aryl methyl sites for hydroxylation is 1. The first-order valence-electron chi connectivity index (χ1n) is 5.66. The van der Waals surface area contributed by atoms with Crippen LogP contribution in [0.1, 0.15) is 38.0 Å². The predicted octanol–water partition coefficient (Wildman–Crippen LogP) is 1.21. The van der Waals surface area contributed by atoms with Crippen LogP contribution in [0.5, 0.6) is 0 Å². The molecular formula is C11H17N3O4. The molecule has 0 spiro atoms. The summed E-state index contributed by atoms with van der Waals surface area (Å²) < 4.78 is 5.25. The van der Waals surface area contributed by atoms with Crippen LogP contribution in [0.2, 0.25) is 0 Å². The minimum atomic E-state index is -1.06. The van der Waals surface area contributed by atoms with Crippen LogP contribution in [-0.4, -0.2) is 28.1 Å². The average Bonchev–Trinajstić information content (AvgIpc) is 2.72. The number of aromatic nitrogens is 1. The highest BCUT2D eigenvalue weighted by Crippen LogP contribution is 2.11. The number of hydrogen-bond acceptors (Lipinski definition) is 4.